The Bertz CT molecular complexity index is 661. The normalized spacial score (nSPS) is 20.0. The molecular formula is C18H31N5O7. The Balaban J connectivity index is 2.90. The van der Waals surface area contributed by atoms with Crippen molar-refractivity contribution in [2.75, 3.05) is 6.54 Å². The lowest BCUT2D eigenvalue weighted by Gasteiger charge is -2.27. The Morgan fingerprint density at radius 3 is 2.10 bits per heavy atom. The third kappa shape index (κ3) is 7.59. The number of carbonyl (C=O) groups excluding carboxylic acids is 4. The predicted molar refractivity (Wildman–Crippen MR) is 105 cm³/mol. The molecule has 1 aliphatic rings. The molecule has 4 amide bonds. The molecule has 8 N–H and O–H groups in total. The lowest BCUT2D eigenvalue weighted by molar-refractivity contribution is -0.145. The molecule has 1 saturated heterocycles. The van der Waals surface area contributed by atoms with Gasteiger partial charge in [-0.05, 0) is 32.2 Å². The molecule has 30 heavy (non-hydrogen) atoms. The Morgan fingerprint density at radius 1 is 1.03 bits per heavy atom. The average molecular weight is 429 g/mol. The van der Waals surface area contributed by atoms with Gasteiger partial charge in [-0.2, -0.15) is 0 Å². The van der Waals surface area contributed by atoms with Crippen LogP contribution in [-0.4, -0.2) is 76.6 Å². The molecule has 1 fully saturated rings. The van der Waals surface area contributed by atoms with Crippen molar-refractivity contribution >= 4 is 29.6 Å². The molecule has 12 heteroatoms. The number of rotatable bonds is 11. The summed E-state index contributed by atoms with van der Waals surface area (Å²) in [5.74, 6) is -4.80. The van der Waals surface area contributed by atoms with E-state index in [0.717, 1.165) is 6.42 Å². The highest BCUT2D eigenvalue weighted by atomic mass is 16.4. The molecule has 1 heterocycles. The van der Waals surface area contributed by atoms with E-state index < -0.39 is 60.4 Å². The molecule has 5 atom stereocenters. The van der Waals surface area contributed by atoms with E-state index in [2.05, 4.69) is 21.3 Å². The van der Waals surface area contributed by atoms with Crippen molar-refractivity contribution in [2.24, 2.45) is 11.7 Å². The van der Waals surface area contributed by atoms with Crippen LogP contribution in [0.4, 0.5) is 0 Å². The van der Waals surface area contributed by atoms with Gasteiger partial charge in [0.15, 0.2) is 6.04 Å². The summed E-state index contributed by atoms with van der Waals surface area (Å²) >= 11 is 0. The molecule has 0 aliphatic carbocycles. The van der Waals surface area contributed by atoms with Crippen molar-refractivity contribution in [2.45, 2.75) is 70.3 Å². The molecule has 5 unspecified atom stereocenters. The summed E-state index contributed by atoms with van der Waals surface area (Å²) in [6.45, 7) is 5.26. The third-order valence-corrected chi connectivity index (χ3v) is 4.71. The van der Waals surface area contributed by atoms with Gasteiger partial charge in [-0.3, -0.25) is 19.2 Å². The van der Waals surface area contributed by atoms with Crippen molar-refractivity contribution in [1.29, 1.82) is 0 Å². The van der Waals surface area contributed by atoms with Crippen LogP contribution in [-0.2, 0) is 24.0 Å². The van der Waals surface area contributed by atoms with Crippen LogP contribution in [0, 0.1) is 5.92 Å². The maximum Gasteiger partial charge on any atom is 0.328 e. The number of carboxylic acids is 1. The standard InChI is InChI=1S/C18H31N5O7/c1-8(2)13(22-15(26)10-5-4-6-20-10)17(28)21-11(7-12(19)25)16(27)23-14(9(3)24)18(29)30/h8-11,13-14,20,24H,4-7H2,1-3H3,(H2,19,25)(H,21,28)(H,22,26)(H,23,27)(H,29,30). The Hall–Kier alpha value is -2.73. The number of aliphatic carboxylic acids is 1. The lowest BCUT2D eigenvalue weighted by Crippen LogP contribution is -2.59. The van der Waals surface area contributed by atoms with Crippen LogP contribution in [0.15, 0.2) is 0 Å². The van der Waals surface area contributed by atoms with E-state index in [-0.39, 0.29) is 11.8 Å². The summed E-state index contributed by atoms with van der Waals surface area (Å²) < 4.78 is 0. The van der Waals surface area contributed by atoms with Crippen molar-refractivity contribution in [3.8, 4) is 0 Å². The minimum atomic E-state index is -1.64. The van der Waals surface area contributed by atoms with Crippen molar-refractivity contribution in [1.82, 2.24) is 21.3 Å². The first-order valence-corrected chi connectivity index (χ1v) is 9.77. The number of hydrogen-bond acceptors (Lipinski definition) is 7. The maximum atomic E-state index is 12.7. The van der Waals surface area contributed by atoms with Gasteiger partial charge in [0, 0.05) is 0 Å². The van der Waals surface area contributed by atoms with Crippen LogP contribution < -0.4 is 27.0 Å². The highest BCUT2D eigenvalue weighted by Crippen LogP contribution is 2.09. The fraction of sp³-hybridized carbons (Fsp3) is 0.722. The van der Waals surface area contributed by atoms with Crippen LogP contribution in [0.5, 0.6) is 0 Å². The van der Waals surface area contributed by atoms with E-state index in [4.69, 9.17) is 10.8 Å². The van der Waals surface area contributed by atoms with E-state index in [1.807, 2.05) is 0 Å². The van der Waals surface area contributed by atoms with Crippen molar-refractivity contribution in [3.05, 3.63) is 0 Å². The smallest absolute Gasteiger partial charge is 0.328 e. The van der Waals surface area contributed by atoms with Gasteiger partial charge in [-0.1, -0.05) is 13.8 Å². The van der Waals surface area contributed by atoms with Gasteiger partial charge in [0.2, 0.25) is 23.6 Å². The average Bonchev–Trinajstić information content (AvgIpc) is 3.16. The van der Waals surface area contributed by atoms with Crippen LogP contribution >= 0.6 is 0 Å². The van der Waals surface area contributed by atoms with E-state index in [9.17, 15) is 29.1 Å². The molecule has 12 nitrogen and oxygen atoms in total. The van der Waals surface area contributed by atoms with Crippen LogP contribution in [0.3, 0.4) is 0 Å². The largest absolute Gasteiger partial charge is 0.480 e. The number of carboxylic acid groups (broad SMARTS) is 1. The van der Waals surface area contributed by atoms with Crippen molar-refractivity contribution in [3.63, 3.8) is 0 Å². The highest BCUT2D eigenvalue weighted by Gasteiger charge is 2.34. The molecule has 0 spiro atoms. The van der Waals surface area contributed by atoms with Gasteiger partial charge in [-0.15, -0.1) is 0 Å². The molecule has 1 aliphatic heterocycles. The summed E-state index contributed by atoms with van der Waals surface area (Å²) in [7, 11) is 0. The first-order chi connectivity index (χ1) is 13.9. The molecule has 0 saturated carbocycles. The number of primary amides is 1. The predicted octanol–water partition coefficient (Wildman–Crippen LogP) is -2.81. The molecule has 0 radical (unpaired) electrons. The van der Waals surface area contributed by atoms with Gasteiger partial charge in [0.1, 0.15) is 12.1 Å². The molecule has 0 aromatic heterocycles. The number of amides is 4. The number of nitrogens with one attached hydrogen (secondary N) is 4. The molecule has 1 rings (SSSR count). The van der Waals surface area contributed by atoms with Crippen LogP contribution in [0.1, 0.15) is 40.0 Å². The summed E-state index contributed by atoms with van der Waals surface area (Å²) in [6, 6.07) is -4.52. The molecule has 0 bridgehead atoms. The van der Waals surface area contributed by atoms with E-state index in [1.54, 1.807) is 13.8 Å². The van der Waals surface area contributed by atoms with Gasteiger partial charge in [-0.25, -0.2) is 4.79 Å². The second-order valence-corrected chi connectivity index (χ2v) is 7.68. The third-order valence-electron chi connectivity index (χ3n) is 4.71. The number of nitrogens with two attached hydrogens (primary N) is 1. The second kappa shape index (κ2) is 11.5. The fourth-order valence-electron chi connectivity index (χ4n) is 3.01. The number of hydrogen-bond donors (Lipinski definition) is 7. The first-order valence-electron chi connectivity index (χ1n) is 9.77. The fourth-order valence-corrected chi connectivity index (χ4v) is 3.01. The van der Waals surface area contributed by atoms with Crippen LogP contribution in [0.2, 0.25) is 0 Å². The lowest BCUT2D eigenvalue weighted by atomic mass is 10.0. The SMILES string of the molecule is CC(C)C(NC(=O)C1CCCN1)C(=O)NC(CC(N)=O)C(=O)NC(C(=O)O)C(C)O. The monoisotopic (exact) mass is 429 g/mol. The Labute approximate surface area is 174 Å². The minimum absolute atomic E-state index is 0.336. The van der Waals surface area contributed by atoms with Gasteiger partial charge < -0.3 is 37.2 Å². The topological polar surface area (TPSA) is 200 Å². The quantitative estimate of drug-likeness (QED) is 0.182. The van der Waals surface area contributed by atoms with Gasteiger partial charge in [0.25, 0.3) is 0 Å². The van der Waals surface area contributed by atoms with Gasteiger partial charge in [0.05, 0.1) is 18.6 Å². The highest BCUT2D eigenvalue weighted by molar-refractivity contribution is 5.96. The Morgan fingerprint density at radius 2 is 1.67 bits per heavy atom. The molecule has 0 aromatic carbocycles. The van der Waals surface area contributed by atoms with Crippen molar-refractivity contribution < 1.29 is 34.2 Å². The Kier molecular flexibility index (Phi) is 9.66. The van der Waals surface area contributed by atoms with E-state index in [0.29, 0.717) is 13.0 Å². The number of aliphatic hydroxyl groups excluding tert-OH is 1. The number of carbonyl (C=O) groups is 5. The molecular weight excluding hydrogens is 398 g/mol. The summed E-state index contributed by atoms with van der Waals surface area (Å²) in [5.41, 5.74) is 5.14. The zero-order valence-corrected chi connectivity index (χ0v) is 17.3. The molecule has 0 aromatic rings. The summed E-state index contributed by atoms with van der Waals surface area (Å²) in [6.07, 6.45) is -0.531. The first kappa shape index (κ1) is 25.3. The summed E-state index contributed by atoms with van der Waals surface area (Å²) in [4.78, 5) is 60.1. The molecule has 170 valence electrons. The number of aliphatic hydroxyl groups is 1. The second-order valence-electron chi connectivity index (χ2n) is 7.68. The van der Waals surface area contributed by atoms with E-state index in [1.165, 1.54) is 6.92 Å². The van der Waals surface area contributed by atoms with Gasteiger partial charge >= 0.3 is 5.97 Å². The van der Waals surface area contributed by atoms with E-state index >= 15 is 0 Å². The zero-order valence-electron chi connectivity index (χ0n) is 17.3. The van der Waals surface area contributed by atoms with Crippen LogP contribution in [0.25, 0.3) is 0 Å². The zero-order chi connectivity index (χ0) is 23.0. The summed E-state index contributed by atoms with van der Waals surface area (Å²) in [5, 5.41) is 28.7. The minimum Gasteiger partial charge on any atom is -0.480 e. The maximum absolute atomic E-state index is 12.7.